The second-order valence-electron chi connectivity index (χ2n) is 4.20. The third kappa shape index (κ3) is 4.70. The normalized spacial score (nSPS) is 17.6. The van der Waals surface area contributed by atoms with E-state index in [1.807, 2.05) is 6.92 Å². The highest BCUT2D eigenvalue weighted by Gasteiger charge is 2.23. The number of amides is 2. The Morgan fingerprint density at radius 3 is 2.65 bits per heavy atom. The lowest BCUT2D eigenvalue weighted by molar-refractivity contribution is -0.146. The van der Waals surface area contributed by atoms with Gasteiger partial charge in [0, 0.05) is 45.9 Å². The van der Waals surface area contributed by atoms with Crippen LogP contribution in [0.4, 0.5) is 0 Å². The summed E-state index contributed by atoms with van der Waals surface area (Å²) in [6, 6.07) is -0.0469. The molecule has 6 heteroatoms. The molecule has 0 bridgehead atoms. The summed E-state index contributed by atoms with van der Waals surface area (Å²) in [6.45, 7) is 5.12. The number of carbonyl (C=O) groups excluding carboxylic acids is 2. The molecule has 1 saturated heterocycles. The number of methoxy groups -OCH3 is 1. The van der Waals surface area contributed by atoms with Gasteiger partial charge in [0.15, 0.2) is 0 Å². The van der Waals surface area contributed by atoms with Crippen molar-refractivity contribution in [3.05, 3.63) is 0 Å². The van der Waals surface area contributed by atoms with Crippen molar-refractivity contribution in [1.82, 2.24) is 15.5 Å². The summed E-state index contributed by atoms with van der Waals surface area (Å²) >= 11 is 0. The Morgan fingerprint density at radius 2 is 2.06 bits per heavy atom. The van der Waals surface area contributed by atoms with Crippen molar-refractivity contribution < 1.29 is 14.3 Å². The first-order valence-corrected chi connectivity index (χ1v) is 5.94. The van der Waals surface area contributed by atoms with Gasteiger partial charge in [0.2, 0.25) is 0 Å². The first-order chi connectivity index (χ1) is 8.15. The fraction of sp³-hybridized carbons (Fsp3) is 0.818. The third-order valence-corrected chi connectivity index (χ3v) is 2.73. The van der Waals surface area contributed by atoms with Gasteiger partial charge >= 0.3 is 11.8 Å². The SMILES string of the molecule is COCCC(C)NC(=O)C(=O)N1CCNCC1. The summed E-state index contributed by atoms with van der Waals surface area (Å²) in [7, 11) is 1.61. The van der Waals surface area contributed by atoms with E-state index >= 15 is 0 Å². The zero-order valence-electron chi connectivity index (χ0n) is 10.5. The van der Waals surface area contributed by atoms with E-state index in [0.29, 0.717) is 26.1 Å². The maximum absolute atomic E-state index is 11.8. The van der Waals surface area contributed by atoms with Crippen molar-refractivity contribution in [3.63, 3.8) is 0 Å². The molecule has 1 fully saturated rings. The zero-order chi connectivity index (χ0) is 12.7. The molecule has 1 aliphatic heterocycles. The van der Waals surface area contributed by atoms with Gasteiger partial charge in [-0.2, -0.15) is 0 Å². The van der Waals surface area contributed by atoms with Crippen LogP contribution in [-0.2, 0) is 14.3 Å². The van der Waals surface area contributed by atoms with E-state index in [1.165, 1.54) is 0 Å². The van der Waals surface area contributed by atoms with Gasteiger partial charge in [-0.1, -0.05) is 0 Å². The lowest BCUT2D eigenvalue weighted by Crippen LogP contribution is -2.52. The molecule has 0 aromatic carbocycles. The minimum absolute atomic E-state index is 0.0469. The van der Waals surface area contributed by atoms with Gasteiger partial charge in [0.1, 0.15) is 0 Å². The van der Waals surface area contributed by atoms with E-state index < -0.39 is 11.8 Å². The highest BCUT2D eigenvalue weighted by Crippen LogP contribution is 1.96. The quantitative estimate of drug-likeness (QED) is 0.619. The zero-order valence-corrected chi connectivity index (χ0v) is 10.5. The van der Waals surface area contributed by atoms with Crippen LogP contribution in [0.5, 0.6) is 0 Å². The molecule has 0 aromatic rings. The first-order valence-electron chi connectivity index (χ1n) is 5.94. The first kappa shape index (κ1) is 13.9. The molecule has 6 nitrogen and oxygen atoms in total. The van der Waals surface area contributed by atoms with Crippen molar-refractivity contribution >= 4 is 11.8 Å². The number of ether oxygens (including phenoxy) is 1. The lowest BCUT2D eigenvalue weighted by atomic mass is 10.2. The molecule has 0 radical (unpaired) electrons. The monoisotopic (exact) mass is 243 g/mol. The van der Waals surface area contributed by atoms with Crippen LogP contribution in [0.1, 0.15) is 13.3 Å². The number of nitrogens with zero attached hydrogens (tertiary/aromatic N) is 1. The highest BCUT2D eigenvalue weighted by atomic mass is 16.5. The van der Waals surface area contributed by atoms with Crippen LogP contribution in [-0.4, -0.2) is 62.7 Å². The molecule has 2 N–H and O–H groups in total. The minimum Gasteiger partial charge on any atom is -0.385 e. The number of hydrogen-bond acceptors (Lipinski definition) is 4. The van der Waals surface area contributed by atoms with Crippen LogP contribution < -0.4 is 10.6 Å². The Labute approximate surface area is 102 Å². The van der Waals surface area contributed by atoms with Crippen LogP contribution in [0.3, 0.4) is 0 Å². The maximum atomic E-state index is 11.8. The molecular formula is C11H21N3O3. The van der Waals surface area contributed by atoms with Crippen molar-refractivity contribution in [1.29, 1.82) is 0 Å². The van der Waals surface area contributed by atoms with Crippen molar-refractivity contribution in [2.24, 2.45) is 0 Å². The van der Waals surface area contributed by atoms with Crippen LogP contribution in [0.25, 0.3) is 0 Å². The molecule has 0 aliphatic carbocycles. The van der Waals surface area contributed by atoms with Crippen molar-refractivity contribution in [3.8, 4) is 0 Å². The second-order valence-corrected chi connectivity index (χ2v) is 4.20. The van der Waals surface area contributed by atoms with Gasteiger partial charge in [-0.3, -0.25) is 9.59 Å². The van der Waals surface area contributed by atoms with E-state index in [-0.39, 0.29) is 6.04 Å². The Balaban J connectivity index is 2.32. The fourth-order valence-electron chi connectivity index (χ4n) is 1.66. The van der Waals surface area contributed by atoms with Gasteiger partial charge in [0.05, 0.1) is 0 Å². The van der Waals surface area contributed by atoms with E-state index in [9.17, 15) is 9.59 Å². The Kier molecular flexibility index (Phi) is 5.93. The van der Waals surface area contributed by atoms with Gasteiger partial charge in [-0.25, -0.2) is 0 Å². The van der Waals surface area contributed by atoms with Crippen LogP contribution in [0.15, 0.2) is 0 Å². The Morgan fingerprint density at radius 1 is 1.41 bits per heavy atom. The maximum Gasteiger partial charge on any atom is 0.311 e. The average molecular weight is 243 g/mol. The largest absolute Gasteiger partial charge is 0.385 e. The summed E-state index contributed by atoms with van der Waals surface area (Å²) in [6.07, 6.45) is 0.705. The molecule has 1 unspecified atom stereocenters. The molecule has 1 aliphatic rings. The summed E-state index contributed by atoms with van der Waals surface area (Å²) in [4.78, 5) is 25.0. The summed E-state index contributed by atoms with van der Waals surface area (Å²) in [5.41, 5.74) is 0. The molecule has 0 aromatic heterocycles. The number of hydrogen-bond donors (Lipinski definition) is 2. The van der Waals surface area contributed by atoms with E-state index in [1.54, 1.807) is 12.0 Å². The molecule has 1 atom stereocenters. The lowest BCUT2D eigenvalue weighted by Gasteiger charge is -2.27. The molecule has 1 heterocycles. The second kappa shape index (κ2) is 7.24. The van der Waals surface area contributed by atoms with E-state index in [4.69, 9.17) is 4.74 Å². The van der Waals surface area contributed by atoms with E-state index in [0.717, 1.165) is 13.1 Å². The van der Waals surface area contributed by atoms with Crippen LogP contribution in [0, 0.1) is 0 Å². The van der Waals surface area contributed by atoms with Gasteiger partial charge in [-0.15, -0.1) is 0 Å². The molecule has 0 spiro atoms. The predicted molar refractivity (Wildman–Crippen MR) is 63.5 cm³/mol. The van der Waals surface area contributed by atoms with Gasteiger partial charge in [-0.05, 0) is 13.3 Å². The average Bonchev–Trinajstić information content (AvgIpc) is 2.36. The van der Waals surface area contributed by atoms with Crippen LogP contribution in [0.2, 0.25) is 0 Å². The number of nitrogens with one attached hydrogen (secondary N) is 2. The smallest absolute Gasteiger partial charge is 0.311 e. The van der Waals surface area contributed by atoms with Gasteiger partial charge < -0.3 is 20.3 Å². The molecule has 17 heavy (non-hydrogen) atoms. The van der Waals surface area contributed by atoms with Crippen molar-refractivity contribution in [2.45, 2.75) is 19.4 Å². The van der Waals surface area contributed by atoms with Crippen LogP contribution >= 0.6 is 0 Å². The minimum atomic E-state index is -0.518. The molecule has 2 amide bonds. The fourth-order valence-corrected chi connectivity index (χ4v) is 1.66. The summed E-state index contributed by atoms with van der Waals surface area (Å²) < 4.78 is 4.92. The molecular weight excluding hydrogens is 222 g/mol. The number of rotatable bonds is 4. The molecule has 98 valence electrons. The van der Waals surface area contributed by atoms with Gasteiger partial charge in [0.25, 0.3) is 0 Å². The van der Waals surface area contributed by atoms with Crippen molar-refractivity contribution in [2.75, 3.05) is 39.9 Å². The number of piperazine rings is 1. The summed E-state index contributed by atoms with van der Waals surface area (Å²) in [5.74, 6) is -0.953. The third-order valence-electron chi connectivity index (χ3n) is 2.73. The Bertz CT molecular complexity index is 265. The topological polar surface area (TPSA) is 70.7 Å². The molecule has 0 saturated carbocycles. The highest BCUT2D eigenvalue weighted by molar-refractivity contribution is 6.35. The van der Waals surface area contributed by atoms with E-state index in [2.05, 4.69) is 10.6 Å². The predicted octanol–water partition coefficient (Wildman–Crippen LogP) is -1.04. The Hall–Kier alpha value is -1.14. The number of carbonyl (C=O) groups is 2. The molecule has 1 rings (SSSR count). The summed E-state index contributed by atoms with van der Waals surface area (Å²) in [5, 5.41) is 5.82. The standard InChI is InChI=1S/C11H21N3O3/c1-9(3-8-17-2)13-10(15)11(16)14-6-4-12-5-7-14/h9,12H,3-8H2,1-2H3,(H,13,15).